The summed E-state index contributed by atoms with van der Waals surface area (Å²) in [6.45, 7) is 6.99. The molecule has 236 valence electrons. The minimum atomic E-state index is -0.786. The monoisotopic (exact) mass is 615 g/mol. The number of carbonyl (C=O) groups excluding carboxylic acids is 2. The van der Waals surface area contributed by atoms with Gasteiger partial charge in [0.2, 0.25) is 11.9 Å². The fourth-order valence-corrected chi connectivity index (χ4v) is 6.25. The fraction of sp³-hybridized carbons (Fsp3) is 0.581. The first-order valence-corrected chi connectivity index (χ1v) is 18.0. The van der Waals surface area contributed by atoms with Crippen LogP contribution in [0.5, 0.6) is 0 Å². The Hall–Kier alpha value is -3.25. The molecular formula is C31H46FN7O3S. The summed E-state index contributed by atoms with van der Waals surface area (Å²) in [6.07, 6.45) is 12.5. The summed E-state index contributed by atoms with van der Waals surface area (Å²) < 4.78 is 24.7. The first-order chi connectivity index (χ1) is 20.4. The van der Waals surface area contributed by atoms with Crippen molar-refractivity contribution in [3.8, 4) is 11.1 Å². The number of amides is 2. The van der Waals surface area contributed by atoms with Crippen molar-refractivity contribution in [2.24, 2.45) is 18.9 Å². The normalized spacial score (nSPS) is 18.3. The number of carbonyl (C=O) groups is 2. The highest BCUT2D eigenvalue weighted by molar-refractivity contribution is 8.32. The van der Waals surface area contributed by atoms with Crippen molar-refractivity contribution < 1.29 is 18.7 Å². The zero-order chi connectivity index (χ0) is 31.3. The van der Waals surface area contributed by atoms with Crippen molar-refractivity contribution >= 4 is 27.7 Å². The number of nitrogens with one attached hydrogen (secondary N) is 2. The second-order valence-corrected chi connectivity index (χ2v) is 17.0. The molecular weight excluding hydrogens is 569 g/mol. The molecule has 0 spiro atoms. The van der Waals surface area contributed by atoms with Gasteiger partial charge in [-0.3, -0.25) is 14.3 Å². The van der Waals surface area contributed by atoms with Crippen molar-refractivity contribution in [3.05, 3.63) is 47.4 Å². The van der Waals surface area contributed by atoms with Crippen molar-refractivity contribution in [1.82, 2.24) is 29.9 Å². The van der Waals surface area contributed by atoms with Crippen molar-refractivity contribution in [2.75, 3.05) is 36.4 Å². The summed E-state index contributed by atoms with van der Waals surface area (Å²) >= 11 is 0. The van der Waals surface area contributed by atoms with E-state index in [-0.39, 0.29) is 17.6 Å². The van der Waals surface area contributed by atoms with Crippen molar-refractivity contribution in [3.63, 3.8) is 0 Å². The largest absolute Gasteiger partial charge is 0.358 e. The zero-order valence-electron chi connectivity index (χ0n) is 26.4. The molecule has 0 saturated heterocycles. The summed E-state index contributed by atoms with van der Waals surface area (Å²) in [7, 11) is 1.02. The third-order valence-corrected chi connectivity index (χ3v) is 9.54. The molecule has 1 fully saturated rings. The van der Waals surface area contributed by atoms with Crippen LogP contribution in [0.15, 0.2) is 24.4 Å². The number of aromatic nitrogens is 5. The van der Waals surface area contributed by atoms with E-state index in [1.807, 2.05) is 13.8 Å². The highest BCUT2D eigenvalue weighted by atomic mass is 32.3. The van der Waals surface area contributed by atoms with Crippen LogP contribution in [0.3, 0.4) is 0 Å². The lowest BCUT2D eigenvalue weighted by Gasteiger charge is -2.32. The number of hydrogen-bond acceptors (Lipinski definition) is 6. The smallest absolute Gasteiger partial charge is 0.270 e. The van der Waals surface area contributed by atoms with E-state index < -0.39 is 27.9 Å². The van der Waals surface area contributed by atoms with E-state index in [4.69, 9.17) is 4.74 Å². The van der Waals surface area contributed by atoms with Gasteiger partial charge < -0.3 is 15.4 Å². The minimum Gasteiger partial charge on any atom is -0.358 e. The Morgan fingerprint density at radius 2 is 1.88 bits per heavy atom. The van der Waals surface area contributed by atoms with Gasteiger partial charge in [0, 0.05) is 35.8 Å². The Kier molecular flexibility index (Phi) is 10.7. The fourth-order valence-electron chi connectivity index (χ4n) is 5.63. The van der Waals surface area contributed by atoms with E-state index in [9.17, 15) is 9.59 Å². The summed E-state index contributed by atoms with van der Waals surface area (Å²) in [6, 6.07) is 4.04. The molecule has 0 aromatic carbocycles. The van der Waals surface area contributed by atoms with E-state index in [1.54, 1.807) is 29.9 Å². The molecule has 0 radical (unpaired) electrons. The Morgan fingerprint density at radius 1 is 1.16 bits per heavy atom. The zero-order valence-corrected chi connectivity index (χ0v) is 27.3. The second-order valence-electron chi connectivity index (χ2n) is 12.4. The third kappa shape index (κ3) is 8.23. The van der Waals surface area contributed by atoms with E-state index in [0.717, 1.165) is 37.1 Å². The van der Waals surface area contributed by atoms with E-state index in [1.165, 1.54) is 10.9 Å². The predicted octanol–water partition coefficient (Wildman–Crippen LogP) is 4.92. The quantitative estimate of drug-likeness (QED) is 0.221. The maximum atomic E-state index is 15.6. The number of pyridine rings is 1. The van der Waals surface area contributed by atoms with Crippen LogP contribution in [0.2, 0.25) is 0 Å². The molecule has 0 unspecified atom stereocenters. The van der Waals surface area contributed by atoms with E-state index in [2.05, 4.69) is 51.5 Å². The molecule has 3 heterocycles. The van der Waals surface area contributed by atoms with Crippen molar-refractivity contribution in [1.29, 1.82) is 0 Å². The van der Waals surface area contributed by atoms with Gasteiger partial charge in [-0.1, -0.05) is 26.7 Å². The Balaban J connectivity index is 1.51. The number of nitrogens with zero attached hydrogens (tertiary/aromatic N) is 5. The molecule has 3 aromatic rings. The van der Waals surface area contributed by atoms with Gasteiger partial charge >= 0.3 is 0 Å². The predicted molar refractivity (Wildman–Crippen MR) is 170 cm³/mol. The molecule has 10 nitrogen and oxygen atoms in total. The van der Waals surface area contributed by atoms with Gasteiger partial charge in [-0.05, 0) is 75.0 Å². The van der Waals surface area contributed by atoms with Gasteiger partial charge in [0.25, 0.3) is 5.91 Å². The number of anilines is 1. The van der Waals surface area contributed by atoms with Crippen LogP contribution >= 0.6 is 10.0 Å². The maximum absolute atomic E-state index is 15.6. The molecule has 0 bridgehead atoms. The van der Waals surface area contributed by atoms with Crippen LogP contribution in [-0.4, -0.2) is 73.5 Å². The third-order valence-electron chi connectivity index (χ3n) is 8.15. The Labute approximate surface area is 255 Å². The first kappa shape index (κ1) is 32.7. The first-order valence-electron chi connectivity index (χ1n) is 14.9. The van der Waals surface area contributed by atoms with Crippen LogP contribution < -0.4 is 10.6 Å². The van der Waals surface area contributed by atoms with Gasteiger partial charge in [0.1, 0.15) is 24.3 Å². The molecule has 0 aliphatic heterocycles. The molecule has 2 amide bonds. The number of halogens is 1. The average Bonchev–Trinajstić information content (AvgIpc) is 3.51. The van der Waals surface area contributed by atoms with Gasteiger partial charge in [-0.15, -0.1) is 0 Å². The highest BCUT2D eigenvalue weighted by Crippen LogP contribution is 2.34. The number of rotatable bonds is 12. The topological polar surface area (TPSA) is 116 Å². The van der Waals surface area contributed by atoms with Crippen LogP contribution in [-0.2, 0) is 29.7 Å². The summed E-state index contributed by atoms with van der Waals surface area (Å²) in [5, 5.41) is 14.4. The van der Waals surface area contributed by atoms with Gasteiger partial charge in [0.15, 0.2) is 0 Å². The van der Waals surface area contributed by atoms with Gasteiger partial charge in [-0.25, -0.2) is 19.7 Å². The lowest BCUT2D eigenvalue weighted by atomic mass is 9.79. The highest BCUT2D eigenvalue weighted by Gasteiger charge is 2.33. The van der Waals surface area contributed by atoms with Crippen LogP contribution in [0.4, 0.5) is 10.2 Å². The number of aryl methyl sites for hydroxylation is 2. The minimum absolute atomic E-state index is 0.0369. The SMILES string of the molecule is CCc1c(-c2ccc(NC(=O)[C@@H](NC(=O)c3ccnn3C)C3CCC(C)CC3)nc2F)c(C)nn1COCCS(C)(C)C. The second kappa shape index (κ2) is 14.0. The number of ether oxygens (including phenoxy) is 1. The molecule has 1 aliphatic carbocycles. The molecule has 43 heavy (non-hydrogen) atoms. The van der Waals surface area contributed by atoms with Crippen LogP contribution in [0.25, 0.3) is 11.1 Å². The lowest BCUT2D eigenvalue weighted by Crippen LogP contribution is -2.49. The summed E-state index contributed by atoms with van der Waals surface area (Å²) in [5.74, 6) is 0.138. The molecule has 4 rings (SSSR count). The molecule has 1 atom stereocenters. The molecule has 1 aliphatic rings. The standard InChI is InChI=1S/C31H46FN7O3S/c1-8-24-27(21(3)37-39(24)19-42-17-18-43(5,6)7)23-13-14-26(34-29(23)32)35-31(41)28(22-11-9-20(2)10-12-22)36-30(40)25-15-16-33-38(25)4/h13-16,20,22,28H,8-12,17-19H2,1-7H3,(H,36,40)(H,34,35,41)/t20?,22?,28-/m0/s1. The van der Waals surface area contributed by atoms with Gasteiger partial charge in [-0.2, -0.15) is 14.6 Å². The van der Waals surface area contributed by atoms with Crippen LogP contribution in [0.1, 0.15) is 61.4 Å². The van der Waals surface area contributed by atoms with Gasteiger partial charge in [0.05, 0.1) is 12.3 Å². The van der Waals surface area contributed by atoms with E-state index >= 15 is 4.39 Å². The summed E-state index contributed by atoms with van der Waals surface area (Å²) in [5.41, 5.74) is 2.92. The molecule has 3 aromatic heterocycles. The molecule has 12 heteroatoms. The molecule has 1 saturated carbocycles. The molecule has 2 N–H and O–H groups in total. The Bertz CT molecular complexity index is 1420. The number of hydrogen-bond donors (Lipinski definition) is 2. The lowest BCUT2D eigenvalue weighted by molar-refractivity contribution is -0.119. The van der Waals surface area contributed by atoms with Crippen molar-refractivity contribution in [2.45, 2.75) is 65.6 Å². The summed E-state index contributed by atoms with van der Waals surface area (Å²) in [4.78, 5) is 30.7. The average molecular weight is 616 g/mol. The van der Waals surface area contributed by atoms with E-state index in [0.29, 0.717) is 48.2 Å². The Morgan fingerprint density at radius 3 is 2.49 bits per heavy atom. The maximum Gasteiger partial charge on any atom is 0.270 e. The van der Waals surface area contributed by atoms with Crippen LogP contribution in [0, 0.1) is 24.7 Å².